The third kappa shape index (κ3) is 5.70. The number of fused-ring (bicyclic) bond motifs is 1. The van der Waals surface area contributed by atoms with Crippen molar-refractivity contribution < 1.29 is 14.2 Å². The van der Waals surface area contributed by atoms with E-state index < -0.39 is 17.6 Å². The molecule has 39 heavy (non-hydrogen) atoms. The van der Waals surface area contributed by atoms with Crippen LogP contribution in [0.1, 0.15) is 46.5 Å². The van der Waals surface area contributed by atoms with Gasteiger partial charge in [-0.25, -0.2) is 14.2 Å². The van der Waals surface area contributed by atoms with E-state index in [1.165, 1.54) is 39.1 Å². The third-order valence-corrected chi connectivity index (χ3v) is 7.54. The number of benzene rings is 1. The standard InChI is InChI=1S/C25H33ClFN9O3/c1-14(37)13-39-21-9-18(27)19(10-20(21)36-24(38)34(4)32-33-36)30-23-28-12-17(26)22(31-23)29-15-8-16-6-5-7-35(16)25(2,3)11-15/h9-10,12,14-16,37H,5-8,11,13H2,1-4H3,(H2,28,29,30,31). The van der Waals surface area contributed by atoms with E-state index in [1.807, 2.05) is 0 Å². The number of rotatable bonds is 8. The van der Waals surface area contributed by atoms with Crippen molar-refractivity contribution >= 4 is 29.1 Å². The number of aliphatic hydroxyl groups is 1. The fourth-order valence-corrected chi connectivity index (χ4v) is 5.70. The lowest BCUT2D eigenvalue weighted by atomic mass is 9.84. The molecule has 14 heteroatoms. The molecular formula is C25H33ClFN9O3. The Morgan fingerprint density at radius 1 is 1.33 bits per heavy atom. The molecule has 12 nitrogen and oxygen atoms in total. The number of piperidine rings is 1. The van der Waals surface area contributed by atoms with Crippen molar-refractivity contribution in [1.29, 1.82) is 0 Å². The Morgan fingerprint density at radius 3 is 2.85 bits per heavy atom. The maximum absolute atomic E-state index is 15.2. The van der Waals surface area contributed by atoms with Crippen LogP contribution in [0.2, 0.25) is 5.02 Å². The quantitative estimate of drug-likeness (QED) is 0.377. The summed E-state index contributed by atoms with van der Waals surface area (Å²) in [6.45, 7) is 7.09. The molecule has 2 aliphatic rings. The number of ether oxygens (including phenoxy) is 1. The molecule has 4 heterocycles. The molecule has 3 unspecified atom stereocenters. The largest absolute Gasteiger partial charge is 0.489 e. The molecule has 2 aromatic heterocycles. The van der Waals surface area contributed by atoms with E-state index in [9.17, 15) is 9.90 Å². The number of aryl methyl sites for hydroxylation is 1. The zero-order valence-electron chi connectivity index (χ0n) is 22.4. The Kier molecular flexibility index (Phi) is 7.49. The van der Waals surface area contributed by atoms with E-state index >= 15 is 4.39 Å². The minimum absolute atomic E-state index is 0.0133. The van der Waals surface area contributed by atoms with Crippen molar-refractivity contribution in [2.75, 3.05) is 23.8 Å². The van der Waals surface area contributed by atoms with E-state index in [2.05, 4.69) is 49.8 Å². The van der Waals surface area contributed by atoms with Crippen LogP contribution >= 0.6 is 11.6 Å². The Hall–Kier alpha value is -3.29. The highest BCUT2D eigenvalue weighted by molar-refractivity contribution is 6.32. The summed E-state index contributed by atoms with van der Waals surface area (Å²) in [7, 11) is 1.44. The first-order chi connectivity index (χ1) is 18.5. The molecule has 0 radical (unpaired) electrons. The van der Waals surface area contributed by atoms with E-state index in [0.717, 1.165) is 34.8 Å². The highest BCUT2D eigenvalue weighted by Gasteiger charge is 2.43. The van der Waals surface area contributed by atoms with Gasteiger partial charge in [-0.2, -0.15) is 14.3 Å². The van der Waals surface area contributed by atoms with Gasteiger partial charge in [0.2, 0.25) is 5.95 Å². The topological polar surface area (TPSA) is 135 Å². The number of nitrogens with one attached hydrogen (secondary N) is 2. The molecule has 2 saturated heterocycles. The Morgan fingerprint density at radius 2 is 2.13 bits per heavy atom. The fraction of sp³-hybridized carbons (Fsp3) is 0.560. The van der Waals surface area contributed by atoms with Crippen LogP contribution in [-0.4, -0.2) is 76.6 Å². The van der Waals surface area contributed by atoms with Crippen molar-refractivity contribution in [2.45, 2.75) is 70.2 Å². The number of hydrogen-bond donors (Lipinski definition) is 3. The normalized spacial score (nSPS) is 21.4. The number of hydrogen-bond acceptors (Lipinski definition) is 10. The molecule has 3 aromatic rings. The van der Waals surface area contributed by atoms with E-state index in [1.54, 1.807) is 0 Å². The second-order valence-corrected chi connectivity index (χ2v) is 11.3. The average molecular weight is 562 g/mol. The lowest BCUT2D eigenvalue weighted by Gasteiger charge is -2.47. The highest BCUT2D eigenvalue weighted by Crippen LogP contribution is 2.39. The van der Waals surface area contributed by atoms with Crippen molar-refractivity contribution in [2.24, 2.45) is 7.05 Å². The number of anilines is 3. The van der Waals surface area contributed by atoms with E-state index in [4.69, 9.17) is 16.3 Å². The van der Waals surface area contributed by atoms with Crippen LogP contribution in [-0.2, 0) is 7.05 Å². The SMILES string of the molecule is CC(O)COc1cc(F)c(Nc2ncc(Cl)c(NC3CC4CCCN4C(C)(C)C3)n2)cc1-n1nnn(C)c1=O. The smallest absolute Gasteiger partial charge is 0.368 e. The van der Waals surface area contributed by atoms with Gasteiger partial charge < -0.3 is 20.5 Å². The first kappa shape index (κ1) is 27.3. The summed E-state index contributed by atoms with van der Waals surface area (Å²) < 4.78 is 22.8. The number of halogens is 2. The molecule has 0 bridgehead atoms. The molecule has 0 amide bonds. The maximum atomic E-state index is 15.2. The van der Waals surface area contributed by atoms with Crippen LogP contribution in [0.15, 0.2) is 23.1 Å². The number of nitrogens with zero attached hydrogens (tertiary/aromatic N) is 7. The Bertz CT molecular complexity index is 1410. The maximum Gasteiger partial charge on any atom is 0.368 e. The summed E-state index contributed by atoms with van der Waals surface area (Å²) in [5.74, 6) is -0.0842. The van der Waals surface area contributed by atoms with E-state index in [0.29, 0.717) is 16.9 Å². The van der Waals surface area contributed by atoms with Crippen LogP contribution < -0.4 is 21.1 Å². The van der Waals surface area contributed by atoms with Crippen LogP contribution in [0.5, 0.6) is 5.75 Å². The first-order valence-electron chi connectivity index (χ1n) is 13.0. The second kappa shape index (κ2) is 10.7. The monoisotopic (exact) mass is 561 g/mol. The molecule has 0 aliphatic carbocycles. The summed E-state index contributed by atoms with van der Waals surface area (Å²) in [5.41, 5.74) is -0.371. The Balaban J connectivity index is 1.41. The molecule has 0 spiro atoms. The van der Waals surface area contributed by atoms with Crippen LogP contribution in [0.25, 0.3) is 5.69 Å². The third-order valence-electron chi connectivity index (χ3n) is 7.27. The van der Waals surface area contributed by atoms with Crippen LogP contribution in [0.4, 0.5) is 21.8 Å². The minimum atomic E-state index is -0.808. The first-order valence-corrected chi connectivity index (χ1v) is 13.4. The summed E-state index contributed by atoms with van der Waals surface area (Å²) in [6.07, 6.45) is 4.97. The van der Waals surface area contributed by atoms with Gasteiger partial charge in [-0.05, 0) is 69.5 Å². The zero-order chi connectivity index (χ0) is 27.9. The molecule has 5 rings (SSSR count). The van der Waals surface area contributed by atoms with Gasteiger partial charge in [0, 0.05) is 30.7 Å². The lowest BCUT2D eigenvalue weighted by Crippen LogP contribution is -2.55. The predicted octanol–water partition coefficient (Wildman–Crippen LogP) is 2.87. The molecule has 3 N–H and O–H groups in total. The van der Waals surface area contributed by atoms with Gasteiger partial charge in [-0.1, -0.05) is 11.6 Å². The summed E-state index contributed by atoms with van der Waals surface area (Å²) >= 11 is 6.45. The van der Waals surface area contributed by atoms with Gasteiger partial charge in [-0.15, -0.1) is 0 Å². The van der Waals surface area contributed by atoms with Crippen molar-refractivity contribution in [1.82, 2.24) is 34.7 Å². The molecule has 1 aromatic carbocycles. The average Bonchev–Trinajstić information content (AvgIpc) is 3.48. The Labute approximate surface area is 230 Å². The van der Waals surface area contributed by atoms with Gasteiger partial charge >= 0.3 is 5.69 Å². The highest BCUT2D eigenvalue weighted by atomic mass is 35.5. The molecule has 2 aliphatic heterocycles. The number of aliphatic hydroxyl groups excluding tert-OH is 1. The lowest BCUT2D eigenvalue weighted by molar-refractivity contribution is 0.0501. The van der Waals surface area contributed by atoms with Gasteiger partial charge in [0.1, 0.15) is 23.1 Å². The van der Waals surface area contributed by atoms with Crippen molar-refractivity contribution in [3.63, 3.8) is 0 Å². The van der Waals surface area contributed by atoms with Gasteiger partial charge in [0.05, 0.1) is 18.0 Å². The summed E-state index contributed by atoms with van der Waals surface area (Å²) in [5, 5.41) is 23.9. The molecule has 3 atom stereocenters. The van der Waals surface area contributed by atoms with Crippen molar-refractivity contribution in [3.05, 3.63) is 39.7 Å². The zero-order valence-corrected chi connectivity index (χ0v) is 23.1. The summed E-state index contributed by atoms with van der Waals surface area (Å²) in [4.78, 5) is 23.9. The summed E-state index contributed by atoms with van der Waals surface area (Å²) in [6, 6.07) is 3.16. The van der Waals surface area contributed by atoms with Crippen LogP contribution in [0, 0.1) is 5.82 Å². The van der Waals surface area contributed by atoms with Gasteiger partial charge in [0.25, 0.3) is 0 Å². The number of tetrazole rings is 1. The van der Waals surface area contributed by atoms with E-state index in [-0.39, 0.29) is 41.3 Å². The molecule has 210 valence electrons. The number of aromatic nitrogens is 6. The predicted molar refractivity (Wildman–Crippen MR) is 145 cm³/mol. The second-order valence-electron chi connectivity index (χ2n) is 10.9. The molecule has 0 saturated carbocycles. The molecular weight excluding hydrogens is 529 g/mol. The van der Waals surface area contributed by atoms with Gasteiger partial charge in [-0.3, -0.25) is 4.90 Å². The molecule has 2 fully saturated rings. The fourth-order valence-electron chi connectivity index (χ4n) is 5.56. The van der Waals surface area contributed by atoms with Gasteiger partial charge in [0.15, 0.2) is 11.6 Å². The minimum Gasteiger partial charge on any atom is -0.489 e. The van der Waals surface area contributed by atoms with Crippen LogP contribution in [0.3, 0.4) is 0 Å². The van der Waals surface area contributed by atoms with Crippen molar-refractivity contribution in [3.8, 4) is 11.4 Å².